The minimum Gasteiger partial charge on any atom is -0.355 e. The first-order valence-corrected chi connectivity index (χ1v) is 12.3. The van der Waals surface area contributed by atoms with Crippen molar-refractivity contribution in [2.75, 3.05) is 31.1 Å². The zero-order valence-electron chi connectivity index (χ0n) is 15.4. The first kappa shape index (κ1) is 21.6. The average Bonchev–Trinajstić information content (AvgIpc) is 2.67. The number of hydrogen-bond acceptors (Lipinski definition) is 5. The molecule has 150 valence electrons. The number of rotatable bonds is 8. The van der Waals surface area contributed by atoms with Crippen LogP contribution in [0.25, 0.3) is 6.08 Å². The summed E-state index contributed by atoms with van der Waals surface area (Å²) in [5, 5.41) is 3.84. The van der Waals surface area contributed by atoms with Crippen LogP contribution >= 0.6 is 0 Å². The van der Waals surface area contributed by atoms with Gasteiger partial charge in [-0.3, -0.25) is 4.79 Å². The molecule has 0 spiro atoms. The van der Waals surface area contributed by atoms with Crippen LogP contribution in [0.2, 0.25) is 0 Å². The van der Waals surface area contributed by atoms with E-state index in [1.165, 1.54) is 9.71 Å². The van der Waals surface area contributed by atoms with Crippen molar-refractivity contribution in [3.8, 4) is 0 Å². The molecule has 1 heterocycles. The second kappa shape index (κ2) is 9.48. The molecule has 0 radical (unpaired) electrons. The van der Waals surface area contributed by atoms with Crippen molar-refractivity contribution in [1.29, 1.82) is 0 Å². The Bertz CT molecular complexity index is 856. The number of nitrogens with one attached hydrogen (secondary N) is 1. The van der Waals surface area contributed by atoms with E-state index in [0.717, 1.165) is 5.56 Å². The van der Waals surface area contributed by atoms with E-state index in [9.17, 15) is 21.6 Å². The van der Waals surface area contributed by atoms with E-state index in [1.807, 2.05) is 30.3 Å². The molecule has 1 amide bonds. The second-order valence-electron chi connectivity index (χ2n) is 6.46. The van der Waals surface area contributed by atoms with Gasteiger partial charge >= 0.3 is 0 Å². The second-order valence-corrected chi connectivity index (χ2v) is 10.8. The number of carbonyl (C=O) groups is 1. The van der Waals surface area contributed by atoms with Gasteiger partial charge in [-0.05, 0) is 24.5 Å². The maximum absolute atomic E-state index is 12.4. The van der Waals surface area contributed by atoms with Gasteiger partial charge in [0.2, 0.25) is 15.9 Å². The third-order valence-corrected chi connectivity index (χ3v) is 7.84. The Hall–Kier alpha value is -1.71. The Morgan fingerprint density at radius 3 is 2.37 bits per heavy atom. The van der Waals surface area contributed by atoms with Crippen molar-refractivity contribution in [3.05, 3.63) is 41.3 Å². The van der Waals surface area contributed by atoms with Gasteiger partial charge in [-0.25, -0.2) is 16.8 Å². The Kier molecular flexibility index (Phi) is 7.58. The average molecular weight is 415 g/mol. The SMILES string of the molecule is CCS(=O)(=O)CCNC(=O)C1CCN(S(=O)(=O)/C=C/c2ccccc2)CC1. The lowest BCUT2D eigenvalue weighted by atomic mass is 9.97. The number of sulfonamides is 1. The summed E-state index contributed by atoms with van der Waals surface area (Å²) < 4.78 is 49.1. The minimum absolute atomic E-state index is 0.0512. The topological polar surface area (TPSA) is 101 Å². The fourth-order valence-corrected chi connectivity index (χ4v) is 4.73. The van der Waals surface area contributed by atoms with Gasteiger partial charge in [-0.15, -0.1) is 0 Å². The summed E-state index contributed by atoms with van der Waals surface area (Å²) in [5.74, 6) is -0.528. The summed E-state index contributed by atoms with van der Waals surface area (Å²) in [6.45, 7) is 2.20. The number of amides is 1. The van der Waals surface area contributed by atoms with E-state index in [-0.39, 0.29) is 43.0 Å². The van der Waals surface area contributed by atoms with Crippen molar-refractivity contribution in [1.82, 2.24) is 9.62 Å². The highest BCUT2D eigenvalue weighted by atomic mass is 32.2. The fourth-order valence-electron chi connectivity index (χ4n) is 2.81. The largest absolute Gasteiger partial charge is 0.355 e. The number of hydrogen-bond donors (Lipinski definition) is 1. The molecule has 0 aromatic heterocycles. The molecule has 1 aromatic carbocycles. The molecule has 1 aliphatic rings. The van der Waals surface area contributed by atoms with Crippen LogP contribution in [0, 0.1) is 5.92 Å². The van der Waals surface area contributed by atoms with Crippen LogP contribution in [-0.4, -0.2) is 58.2 Å². The van der Waals surface area contributed by atoms with Crippen LogP contribution in [0.15, 0.2) is 35.7 Å². The van der Waals surface area contributed by atoms with E-state index >= 15 is 0 Å². The Balaban J connectivity index is 1.83. The van der Waals surface area contributed by atoms with E-state index in [4.69, 9.17) is 0 Å². The summed E-state index contributed by atoms with van der Waals surface area (Å²) >= 11 is 0. The van der Waals surface area contributed by atoms with Crippen molar-refractivity contribution in [3.63, 3.8) is 0 Å². The summed E-state index contributed by atoms with van der Waals surface area (Å²) in [7, 11) is -6.64. The third kappa shape index (κ3) is 6.75. The number of nitrogens with zero attached hydrogens (tertiary/aromatic N) is 1. The first-order valence-electron chi connectivity index (χ1n) is 8.95. The fraction of sp³-hybridized carbons (Fsp3) is 0.500. The third-order valence-electron chi connectivity index (χ3n) is 4.57. The number of benzene rings is 1. The van der Waals surface area contributed by atoms with Crippen molar-refractivity contribution in [2.24, 2.45) is 5.92 Å². The smallest absolute Gasteiger partial charge is 0.236 e. The van der Waals surface area contributed by atoms with E-state index < -0.39 is 19.9 Å². The summed E-state index contributed by atoms with van der Waals surface area (Å²) in [5.41, 5.74) is 0.803. The Labute approximate surface area is 161 Å². The van der Waals surface area contributed by atoms with Gasteiger partial charge < -0.3 is 5.32 Å². The summed E-state index contributed by atoms with van der Waals surface area (Å²) in [4.78, 5) is 12.2. The Morgan fingerprint density at radius 2 is 1.78 bits per heavy atom. The van der Waals surface area contributed by atoms with E-state index in [0.29, 0.717) is 12.8 Å². The highest BCUT2D eigenvalue weighted by Crippen LogP contribution is 2.21. The molecule has 2 rings (SSSR count). The number of piperidine rings is 1. The highest BCUT2D eigenvalue weighted by Gasteiger charge is 2.29. The van der Waals surface area contributed by atoms with Crippen LogP contribution in [0.3, 0.4) is 0 Å². The molecule has 1 N–H and O–H groups in total. The summed E-state index contributed by atoms with van der Waals surface area (Å²) in [6.07, 6.45) is 2.40. The quantitative estimate of drug-likeness (QED) is 0.690. The van der Waals surface area contributed by atoms with Crippen LogP contribution in [-0.2, 0) is 24.7 Å². The van der Waals surface area contributed by atoms with Crippen molar-refractivity contribution in [2.45, 2.75) is 19.8 Å². The molecular weight excluding hydrogens is 388 g/mol. The van der Waals surface area contributed by atoms with Gasteiger partial charge in [-0.2, -0.15) is 4.31 Å². The van der Waals surface area contributed by atoms with Crippen molar-refractivity contribution < 1.29 is 21.6 Å². The first-order chi connectivity index (χ1) is 12.7. The number of sulfone groups is 1. The molecule has 27 heavy (non-hydrogen) atoms. The molecule has 9 heteroatoms. The maximum atomic E-state index is 12.4. The molecule has 0 aliphatic carbocycles. The predicted octanol–water partition coefficient (Wildman–Crippen LogP) is 1.25. The van der Waals surface area contributed by atoms with Gasteiger partial charge in [0, 0.05) is 36.7 Å². The molecule has 0 saturated carbocycles. The van der Waals surface area contributed by atoms with Gasteiger partial charge in [0.15, 0.2) is 9.84 Å². The predicted molar refractivity (Wildman–Crippen MR) is 106 cm³/mol. The van der Waals surface area contributed by atoms with E-state index in [2.05, 4.69) is 5.32 Å². The molecule has 1 saturated heterocycles. The lowest BCUT2D eigenvalue weighted by Gasteiger charge is -2.29. The van der Waals surface area contributed by atoms with Crippen LogP contribution in [0.4, 0.5) is 0 Å². The van der Waals surface area contributed by atoms with Crippen molar-refractivity contribution >= 4 is 31.8 Å². The molecular formula is C18H26N2O5S2. The maximum Gasteiger partial charge on any atom is 0.236 e. The Morgan fingerprint density at radius 1 is 1.15 bits per heavy atom. The summed E-state index contributed by atoms with van der Waals surface area (Å²) in [6, 6.07) is 9.17. The molecule has 7 nitrogen and oxygen atoms in total. The molecule has 0 atom stereocenters. The zero-order valence-corrected chi connectivity index (χ0v) is 17.0. The standard InChI is InChI=1S/C18H26N2O5S2/c1-2-26(22,23)15-11-19-18(21)17-8-12-20(13-9-17)27(24,25)14-10-16-6-4-3-5-7-16/h3-7,10,14,17H,2,8-9,11-13,15H2,1H3,(H,19,21)/b14-10+. The lowest BCUT2D eigenvalue weighted by molar-refractivity contribution is -0.125. The molecule has 0 unspecified atom stereocenters. The monoisotopic (exact) mass is 414 g/mol. The van der Waals surface area contributed by atoms with Gasteiger partial charge in [-0.1, -0.05) is 37.3 Å². The zero-order chi connectivity index (χ0) is 19.9. The molecule has 1 aliphatic heterocycles. The van der Waals surface area contributed by atoms with Crippen LogP contribution in [0.1, 0.15) is 25.3 Å². The highest BCUT2D eigenvalue weighted by molar-refractivity contribution is 7.92. The normalized spacial score (nSPS) is 17.2. The molecule has 1 aromatic rings. The van der Waals surface area contributed by atoms with Gasteiger partial charge in [0.25, 0.3) is 0 Å². The lowest BCUT2D eigenvalue weighted by Crippen LogP contribution is -2.43. The molecule has 1 fully saturated rings. The van der Waals surface area contributed by atoms with Crippen LogP contribution < -0.4 is 5.32 Å². The molecule has 0 bridgehead atoms. The number of carbonyl (C=O) groups excluding carboxylic acids is 1. The van der Waals surface area contributed by atoms with Gasteiger partial charge in [0.1, 0.15) is 0 Å². The van der Waals surface area contributed by atoms with Gasteiger partial charge in [0.05, 0.1) is 5.75 Å². The van der Waals surface area contributed by atoms with Crippen LogP contribution in [0.5, 0.6) is 0 Å². The van der Waals surface area contributed by atoms with E-state index in [1.54, 1.807) is 13.0 Å². The minimum atomic E-state index is -3.53.